The Balaban J connectivity index is 1.23. The fraction of sp³-hybridized carbons (Fsp3) is 0.391. The van der Waals surface area contributed by atoms with Crippen molar-refractivity contribution < 1.29 is 4.39 Å². The molecule has 1 N–H and O–H groups in total. The Hall–Kier alpha value is -3.31. The zero-order valence-corrected chi connectivity index (χ0v) is 17.1. The third kappa shape index (κ3) is 3.89. The predicted octanol–water partition coefficient (Wildman–Crippen LogP) is 2.79. The van der Waals surface area contributed by atoms with E-state index in [0.29, 0.717) is 28.3 Å². The maximum Gasteiger partial charge on any atom is 0.258 e. The third-order valence-corrected chi connectivity index (χ3v) is 6.51. The van der Waals surface area contributed by atoms with Gasteiger partial charge in [0.1, 0.15) is 23.5 Å². The number of fused-ring (bicyclic) bond motifs is 1. The first-order chi connectivity index (χ1) is 15.1. The molecule has 8 heteroatoms. The van der Waals surface area contributed by atoms with Crippen LogP contribution in [0.5, 0.6) is 0 Å². The van der Waals surface area contributed by atoms with Gasteiger partial charge in [-0.2, -0.15) is 5.26 Å². The van der Waals surface area contributed by atoms with Crippen molar-refractivity contribution >= 4 is 16.7 Å². The molecule has 1 saturated carbocycles. The lowest BCUT2D eigenvalue weighted by Crippen LogP contribution is -2.50. The molecule has 31 heavy (non-hydrogen) atoms. The summed E-state index contributed by atoms with van der Waals surface area (Å²) in [5, 5.41) is 9.22. The van der Waals surface area contributed by atoms with E-state index in [9.17, 15) is 9.18 Å². The molecule has 2 aromatic heterocycles. The summed E-state index contributed by atoms with van der Waals surface area (Å²) in [6.07, 6.45) is 4.64. The number of nitrogens with one attached hydrogen (secondary N) is 1. The SMILES string of the molecule is N#Cc1ccc(N2CCN([C@@H]3CC[C@@H](c4nc5ccc(F)cc5c(=O)[nH]4)C3)CC2)nc1. The number of H-pyrrole nitrogens is 1. The maximum absolute atomic E-state index is 13.4. The van der Waals surface area contributed by atoms with E-state index in [1.165, 1.54) is 12.1 Å². The van der Waals surface area contributed by atoms with Crippen molar-refractivity contribution in [1.29, 1.82) is 5.26 Å². The highest BCUT2D eigenvalue weighted by Crippen LogP contribution is 2.36. The largest absolute Gasteiger partial charge is 0.354 e. The molecule has 1 aliphatic heterocycles. The van der Waals surface area contributed by atoms with Gasteiger partial charge in [0.05, 0.1) is 16.5 Å². The molecule has 2 fully saturated rings. The van der Waals surface area contributed by atoms with Crippen LogP contribution in [0.1, 0.15) is 36.6 Å². The molecular weight excluding hydrogens is 395 g/mol. The Labute approximate surface area is 179 Å². The number of aromatic amines is 1. The summed E-state index contributed by atoms with van der Waals surface area (Å²) in [5.74, 6) is 1.42. The van der Waals surface area contributed by atoms with Crippen LogP contribution in [0, 0.1) is 17.1 Å². The van der Waals surface area contributed by atoms with Crippen LogP contribution in [0.25, 0.3) is 10.9 Å². The van der Waals surface area contributed by atoms with Crippen LogP contribution in [-0.2, 0) is 0 Å². The Morgan fingerprint density at radius 1 is 1.13 bits per heavy atom. The summed E-state index contributed by atoms with van der Waals surface area (Å²) in [4.78, 5) is 29.1. The minimum atomic E-state index is -0.427. The van der Waals surface area contributed by atoms with Gasteiger partial charge in [-0.1, -0.05) is 0 Å². The molecule has 2 atom stereocenters. The number of piperazine rings is 1. The number of nitrogens with zero attached hydrogens (tertiary/aromatic N) is 5. The summed E-state index contributed by atoms with van der Waals surface area (Å²) < 4.78 is 13.4. The van der Waals surface area contributed by atoms with Crippen LogP contribution in [0.2, 0.25) is 0 Å². The molecule has 0 unspecified atom stereocenters. The summed E-state index contributed by atoms with van der Waals surface area (Å²) >= 11 is 0. The molecule has 7 nitrogen and oxygen atoms in total. The number of rotatable bonds is 3. The normalized spacial score (nSPS) is 22.0. The second-order valence-electron chi connectivity index (χ2n) is 8.32. The van der Waals surface area contributed by atoms with Crippen molar-refractivity contribution in [2.24, 2.45) is 0 Å². The minimum absolute atomic E-state index is 0.213. The predicted molar refractivity (Wildman–Crippen MR) is 115 cm³/mol. The number of nitriles is 1. The standard InChI is InChI=1S/C23H23FN6O/c24-17-3-5-20-19(12-17)23(31)28-22(27-20)16-2-4-18(11-16)29-7-9-30(10-8-29)21-6-1-15(13-25)14-26-21/h1,3,5-6,12,14,16,18H,2,4,7-11H2,(H,27,28,31)/t16-,18-/m1/s1. The lowest BCUT2D eigenvalue weighted by atomic mass is 10.1. The number of aromatic nitrogens is 3. The molecular formula is C23H23FN6O. The van der Waals surface area contributed by atoms with Crippen LogP contribution in [0.3, 0.4) is 0 Å². The molecule has 0 radical (unpaired) electrons. The van der Waals surface area contributed by atoms with E-state index in [4.69, 9.17) is 5.26 Å². The van der Waals surface area contributed by atoms with Gasteiger partial charge in [0, 0.05) is 44.3 Å². The van der Waals surface area contributed by atoms with E-state index >= 15 is 0 Å². The highest BCUT2D eigenvalue weighted by molar-refractivity contribution is 5.77. The Bertz CT molecular complexity index is 1190. The number of benzene rings is 1. The molecule has 0 amide bonds. The van der Waals surface area contributed by atoms with Gasteiger partial charge in [-0.15, -0.1) is 0 Å². The van der Waals surface area contributed by atoms with Gasteiger partial charge < -0.3 is 9.88 Å². The zero-order chi connectivity index (χ0) is 21.4. The number of halogens is 1. The molecule has 0 bridgehead atoms. The fourth-order valence-electron chi connectivity index (χ4n) is 4.82. The van der Waals surface area contributed by atoms with E-state index in [-0.39, 0.29) is 11.5 Å². The van der Waals surface area contributed by atoms with Gasteiger partial charge in [0.2, 0.25) is 0 Å². The minimum Gasteiger partial charge on any atom is -0.354 e. The van der Waals surface area contributed by atoms with E-state index in [2.05, 4.69) is 30.8 Å². The van der Waals surface area contributed by atoms with Crippen LogP contribution < -0.4 is 10.5 Å². The Kier molecular flexibility index (Phi) is 5.12. The molecule has 1 aliphatic carbocycles. The number of pyridine rings is 1. The molecule has 1 saturated heterocycles. The van der Waals surface area contributed by atoms with Gasteiger partial charge in [-0.25, -0.2) is 14.4 Å². The van der Waals surface area contributed by atoms with Crippen molar-refractivity contribution in [2.45, 2.75) is 31.2 Å². The van der Waals surface area contributed by atoms with E-state index in [1.54, 1.807) is 12.3 Å². The summed E-state index contributed by atoms with van der Waals surface area (Å²) in [6.45, 7) is 3.72. The second-order valence-corrected chi connectivity index (χ2v) is 8.32. The van der Waals surface area contributed by atoms with Crippen LogP contribution in [0.15, 0.2) is 41.3 Å². The van der Waals surface area contributed by atoms with Crippen LogP contribution in [0.4, 0.5) is 10.2 Å². The third-order valence-electron chi connectivity index (χ3n) is 6.51. The summed E-state index contributed by atoms with van der Waals surface area (Å²) in [5.41, 5.74) is 0.850. The van der Waals surface area contributed by atoms with Crippen molar-refractivity contribution in [2.75, 3.05) is 31.1 Å². The molecule has 0 spiro atoms. The maximum atomic E-state index is 13.4. The molecule has 5 rings (SSSR count). The first-order valence-corrected chi connectivity index (χ1v) is 10.7. The average molecular weight is 418 g/mol. The van der Waals surface area contributed by atoms with Crippen molar-refractivity contribution in [1.82, 2.24) is 19.9 Å². The van der Waals surface area contributed by atoms with Crippen LogP contribution in [-0.4, -0.2) is 52.1 Å². The quantitative estimate of drug-likeness (QED) is 0.704. The number of hydrogen-bond donors (Lipinski definition) is 1. The molecule has 158 valence electrons. The van der Waals surface area contributed by atoms with Crippen molar-refractivity contribution in [3.05, 3.63) is 64.1 Å². The Morgan fingerprint density at radius 2 is 1.97 bits per heavy atom. The summed E-state index contributed by atoms with van der Waals surface area (Å²) in [6, 6.07) is 10.4. The van der Waals surface area contributed by atoms with Crippen LogP contribution >= 0.6 is 0 Å². The van der Waals surface area contributed by atoms with Crippen molar-refractivity contribution in [3.8, 4) is 6.07 Å². The van der Waals surface area contributed by atoms with E-state index in [0.717, 1.165) is 51.3 Å². The summed E-state index contributed by atoms with van der Waals surface area (Å²) in [7, 11) is 0. The molecule has 2 aliphatic rings. The smallest absolute Gasteiger partial charge is 0.258 e. The average Bonchev–Trinajstić information content (AvgIpc) is 3.30. The molecule has 3 heterocycles. The Morgan fingerprint density at radius 3 is 2.71 bits per heavy atom. The highest BCUT2D eigenvalue weighted by atomic mass is 19.1. The van der Waals surface area contributed by atoms with Gasteiger partial charge in [-0.05, 0) is 49.6 Å². The molecule has 1 aromatic carbocycles. The van der Waals surface area contributed by atoms with E-state index < -0.39 is 5.82 Å². The molecule has 3 aromatic rings. The fourth-order valence-corrected chi connectivity index (χ4v) is 4.82. The van der Waals surface area contributed by atoms with Gasteiger partial charge in [-0.3, -0.25) is 9.69 Å². The van der Waals surface area contributed by atoms with Gasteiger partial charge in [0.15, 0.2) is 0 Å². The topological polar surface area (TPSA) is 88.9 Å². The van der Waals surface area contributed by atoms with Gasteiger partial charge >= 0.3 is 0 Å². The first kappa shape index (κ1) is 19.6. The highest BCUT2D eigenvalue weighted by Gasteiger charge is 2.33. The number of anilines is 1. The second kappa shape index (κ2) is 8.08. The lowest BCUT2D eigenvalue weighted by molar-refractivity contribution is 0.185. The zero-order valence-electron chi connectivity index (χ0n) is 17.1. The van der Waals surface area contributed by atoms with E-state index in [1.807, 2.05) is 12.1 Å². The number of hydrogen-bond acceptors (Lipinski definition) is 6. The first-order valence-electron chi connectivity index (χ1n) is 10.7. The lowest BCUT2D eigenvalue weighted by Gasteiger charge is -2.38. The van der Waals surface area contributed by atoms with Crippen molar-refractivity contribution in [3.63, 3.8) is 0 Å². The van der Waals surface area contributed by atoms with Gasteiger partial charge in [0.25, 0.3) is 5.56 Å². The monoisotopic (exact) mass is 418 g/mol.